The molecule has 1 aromatic carbocycles. The molecule has 0 aliphatic carbocycles. The van der Waals surface area contributed by atoms with Gasteiger partial charge in [-0.25, -0.2) is 4.39 Å². The summed E-state index contributed by atoms with van der Waals surface area (Å²) in [5.74, 6) is -0.150. The van der Waals surface area contributed by atoms with E-state index in [1.807, 2.05) is 6.07 Å². The average molecular weight is 330 g/mol. The second-order valence-electron chi connectivity index (χ2n) is 5.33. The predicted octanol–water partition coefficient (Wildman–Crippen LogP) is 2.23. The van der Waals surface area contributed by atoms with E-state index < -0.39 is 0 Å². The Balaban J connectivity index is 1.83. The molecule has 1 aromatic rings. The molecule has 1 unspecified atom stereocenters. The standard InChI is InChI=1S/C14H17BrFNO2/c15-10-1-2-13(16)12(5-10)14(8-19-9-14)6-11-7-18-4-3-17-11/h1-2,5,11,17H,3-4,6-9H2. The van der Waals surface area contributed by atoms with Crippen LogP contribution >= 0.6 is 15.9 Å². The summed E-state index contributed by atoms with van der Waals surface area (Å²) in [4.78, 5) is 0. The Morgan fingerprint density at radius 2 is 2.21 bits per heavy atom. The van der Waals surface area contributed by atoms with E-state index in [0.717, 1.165) is 29.6 Å². The zero-order chi connectivity index (χ0) is 13.3. The molecule has 0 spiro atoms. The first-order valence-electron chi connectivity index (χ1n) is 6.54. The quantitative estimate of drug-likeness (QED) is 0.922. The van der Waals surface area contributed by atoms with Crippen LogP contribution in [0.1, 0.15) is 12.0 Å². The minimum Gasteiger partial charge on any atom is -0.379 e. The maximum atomic E-state index is 14.1. The van der Waals surface area contributed by atoms with Crippen LogP contribution in [0.15, 0.2) is 22.7 Å². The molecule has 2 aliphatic rings. The van der Waals surface area contributed by atoms with Crippen molar-refractivity contribution in [1.29, 1.82) is 0 Å². The molecule has 2 fully saturated rings. The molecule has 0 saturated carbocycles. The topological polar surface area (TPSA) is 30.5 Å². The summed E-state index contributed by atoms with van der Waals surface area (Å²) in [7, 11) is 0. The van der Waals surface area contributed by atoms with E-state index in [4.69, 9.17) is 9.47 Å². The monoisotopic (exact) mass is 329 g/mol. The van der Waals surface area contributed by atoms with Crippen molar-refractivity contribution in [2.24, 2.45) is 0 Å². The summed E-state index contributed by atoms with van der Waals surface area (Å²) in [6.07, 6.45) is 0.848. The first-order valence-corrected chi connectivity index (χ1v) is 7.33. The maximum Gasteiger partial charge on any atom is 0.127 e. The van der Waals surface area contributed by atoms with Crippen molar-refractivity contribution in [2.75, 3.05) is 33.0 Å². The molecular formula is C14H17BrFNO2. The Morgan fingerprint density at radius 3 is 2.84 bits per heavy atom. The summed E-state index contributed by atoms with van der Waals surface area (Å²) in [6, 6.07) is 5.40. The number of rotatable bonds is 3. The lowest BCUT2D eigenvalue weighted by Crippen LogP contribution is -2.54. The van der Waals surface area contributed by atoms with Gasteiger partial charge in [0.15, 0.2) is 0 Å². The lowest BCUT2D eigenvalue weighted by molar-refractivity contribution is -0.0768. The smallest absolute Gasteiger partial charge is 0.127 e. The summed E-state index contributed by atoms with van der Waals surface area (Å²) in [6.45, 7) is 3.47. The predicted molar refractivity (Wildman–Crippen MR) is 73.8 cm³/mol. The molecule has 104 valence electrons. The molecule has 0 radical (unpaired) electrons. The summed E-state index contributed by atoms with van der Waals surface area (Å²) < 4.78 is 25.9. The molecule has 1 N–H and O–H groups in total. The van der Waals surface area contributed by atoms with Crippen molar-refractivity contribution in [1.82, 2.24) is 5.32 Å². The van der Waals surface area contributed by atoms with Crippen molar-refractivity contribution < 1.29 is 13.9 Å². The largest absolute Gasteiger partial charge is 0.379 e. The number of hydrogen-bond donors (Lipinski definition) is 1. The van der Waals surface area contributed by atoms with Gasteiger partial charge in [0.1, 0.15) is 5.82 Å². The molecule has 0 bridgehead atoms. The lowest BCUT2D eigenvalue weighted by atomic mass is 9.73. The van der Waals surface area contributed by atoms with Gasteiger partial charge in [-0.15, -0.1) is 0 Å². The first kappa shape index (κ1) is 13.5. The summed E-state index contributed by atoms with van der Waals surface area (Å²) in [5.41, 5.74) is 0.534. The van der Waals surface area contributed by atoms with Crippen LogP contribution in [-0.4, -0.2) is 39.0 Å². The van der Waals surface area contributed by atoms with E-state index in [1.54, 1.807) is 6.07 Å². The fraction of sp³-hybridized carbons (Fsp3) is 0.571. The van der Waals surface area contributed by atoms with Crippen LogP contribution in [0, 0.1) is 5.82 Å². The van der Waals surface area contributed by atoms with Gasteiger partial charge in [0.25, 0.3) is 0 Å². The zero-order valence-corrected chi connectivity index (χ0v) is 12.2. The van der Waals surface area contributed by atoms with Crippen LogP contribution in [0.5, 0.6) is 0 Å². The second-order valence-corrected chi connectivity index (χ2v) is 6.24. The SMILES string of the molecule is Fc1ccc(Br)cc1C1(CC2COCCN2)COC1. The summed E-state index contributed by atoms with van der Waals surface area (Å²) in [5, 5.41) is 3.43. The molecule has 19 heavy (non-hydrogen) atoms. The van der Waals surface area contributed by atoms with Crippen LogP contribution in [0.25, 0.3) is 0 Å². The van der Waals surface area contributed by atoms with Gasteiger partial charge in [0, 0.05) is 22.5 Å². The normalized spacial score (nSPS) is 25.9. The third-order valence-corrected chi connectivity index (χ3v) is 4.39. The van der Waals surface area contributed by atoms with E-state index >= 15 is 0 Å². The van der Waals surface area contributed by atoms with Crippen molar-refractivity contribution in [3.63, 3.8) is 0 Å². The van der Waals surface area contributed by atoms with Gasteiger partial charge in [-0.05, 0) is 30.2 Å². The highest BCUT2D eigenvalue weighted by molar-refractivity contribution is 9.10. The van der Waals surface area contributed by atoms with Gasteiger partial charge in [-0.3, -0.25) is 0 Å². The second kappa shape index (κ2) is 5.48. The van der Waals surface area contributed by atoms with Gasteiger partial charge in [-0.1, -0.05) is 15.9 Å². The van der Waals surface area contributed by atoms with E-state index in [1.165, 1.54) is 6.07 Å². The number of halogens is 2. The molecule has 0 aromatic heterocycles. The average Bonchev–Trinajstić information content (AvgIpc) is 2.38. The van der Waals surface area contributed by atoms with Gasteiger partial charge >= 0.3 is 0 Å². The lowest BCUT2D eigenvalue weighted by Gasteiger charge is -2.45. The van der Waals surface area contributed by atoms with Crippen molar-refractivity contribution >= 4 is 15.9 Å². The van der Waals surface area contributed by atoms with Crippen LogP contribution in [-0.2, 0) is 14.9 Å². The third kappa shape index (κ3) is 2.70. The highest BCUT2D eigenvalue weighted by atomic mass is 79.9. The van der Waals surface area contributed by atoms with Gasteiger partial charge in [-0.2, -0.15) is 0 Å². The van der Waals surface area contributed by atoms with Crippen LogP contribution in [0.2, 0.25) is 0 Å². The van der Waals surface area contributed by atoms with E-state index in [2.05, 4.69) is 21.2 Å². The minimum absolute atomic E-state index is 0.150. The number of benzene rings is 1. The zero-order valence-electron chi connectivity index (χ0n) is 10.6. The molecule has 2 saturated heterocycles. The fourth-order valence-electron chi connectivity index (χ4n) is 2.86. The Kier molecular flexibility index (Phi) is 3.89. The number of hydrogen-bond acceptors (Lipinski definition) is 3. The number of morpholine rings is 1. The highest BCUT2D eigenvalue weighted by Gasteiger charge is 2.44. The molecule has 1 atom stereocenters. The van der Waals surface area contributed by atoms with Crippen molar-refractivity contribution in [3.8, 4) is 0 Å². The molecule has 2 aliphatic heterocycles. The minimum atomic E-state index is -0.216. The summed E-state index contributed by atoms with van der Waals surface area (Å²) >= 11 is 3.42. The molecule has 5 heteroatoms. The Morgan fingerprint density at radius 1 is 1.37 bits per heavy atom. The van der Waals surface area contributed by atoms with Gasteiger partial charge in [0.05, 0.1) is 26.4 Å². The van der Waals surface area contributed by atoms with Gasteiger partial charge in [0.2, 0.25) is 0 Å². The first-order chi connectivity index (χ1) is 9.20. The van der Waals surface area contributed by atoms with Crippen LogP contribution in [0.4, 0.5) is 4.39 Å². The van der Waals surface area contributed by atoms with E-state index in [9.17, 15) is 4.39 Å². The van der Waals surface area contributed by atoms with Crippen molar-refractivity contribution in [2.45, 2.75) is 17.9 Å². The Bertz CT molecular complexity index is 459. The number of ether oxygens (including phenoxy) is 2. The molecule has 0 amide bonds. The Labute approximate surface area is 120 Å². The molecule has 2 heterocycles. The highest BCUT2D eigenvalue weighted by Crippen LogP contribution is 2.39. The van der Waals surface area contributed by atoms with Crippen LogP contribution < -0.4 is 5.32 Å². The molecular weight excluding hydrogens is 313 g/mol. The van der Waals surface area contributed by atoms with Crippen LogP contribution in [0.3, 0.4) is 0 Å². The van der Waals surface area contributed by atoms with E-state index in [0.29, 0.717) is 19.8 Å². The molecule has 3 rings (SSSR count). The van der Waals surface area contributed by atoms with E-state index in [-0.39, 0.29) is 17.3 Å². The molecule has 3 nitrogen and oxygen atoms in total. The third-order valence-electron chi connectivity index (χ3n) is 3.89. The Hall–Kier alpha value is -0.490. The maximum absolute atomic E-state index is 14.1. The van der Waals surface area contributed by atoms with Crippen molar-refractivity contribution in [3.05, 3.63) is 34.1 Å². The fourth-order valence-corrected chi connectivity index (χ4v) is 3.22. The number of nitrogens with one attached hydrogen (secondary N) is 1. The van der Waals surface area contributed by atoms with Gasteiger partial charge < -0.3 is 14.8 Å².